The number of hydrogen-bond acceptors (Lipinski definition) is 5. The second kappa shape index (κ2) is 8.69. The first kappa shape index (κ1) is 18.2. The normalized spacial score (nSPS) is 20.5. The fraction of sp³-hybridized carbons (Fsp3) is 0.381. The van der Waals surface area contributed by atoms with Crippen LogP contribution in [0.3, 0.4) is 0 Å². The third kappa shape index (κ3) is 4.40. The number of rotatable bonds is 6. The van der Waals surface area contributed by atoms with E-state index in [9.17, 15) is 4.79 Å². The number of carbonyl (C=O) groups excluding carboxylic acids is 1. The van der Waals surface area contributed by atoms with Crippen molar-refractivity contribution in [3.8, 4) is 0 Å². The molecule has 2 aromatic rings. The van der Waals surface area contributed by atoms with Crippen molar-refractivity contribution in [3.63, 3.8) is 0 Å². The van der Waals surface area contributed by atoms with E-state index in [0.717, 1.165) is 43.8 Å². The summed E-state index contributed by atoms with van der Waals surface area (Å²) in [6.45, 7) is 3.16. The van der Waals surface area contributed by atoms with Gasteiger partial charge in [-0.15, -0.1) is 11.3 Å². The molecular formula is C21H26N4OS. The largest absolute Gasteiger partial charge is 0.327 e. The van der Waals surface area contributed by atoms with Crippen LogP contribution in [0.2, 0.25) is 0 Å². The first-order valence-electron chi connectivity index (χ1n) is 9.61. The summed E-state index contributed by atoms with van der Waals surface area (Å²) >= 11 is 1.51. The van der Waals surface area contributed by atoms with Gasteiger partial charge in [-0.3, -0.25) is 4.79 Å². The van der Waals surface area contributed by atoms with Crippen LogP contribution in [0.25, 0.3) is 0 Å². The number of hydrogen-bond donors (Lipinski definition) is 2. The van der Waals surface area contributed by atoms with Crippen molar-refractivity contribution in [2.75, 3.05) is 19.6 Å². The van der Waals surface area contributed by atoms with Crippen molar-refractivity contribution >= 4 is 17.2 Å². The van der Waals surface area contributed by atoms with Crippen molar-refractivity contribution in [1.29, 1.82) is 0 Å². The summed E-state index contributed by atoms with van der Waals surface area (Å²) < 4.78 is 0. The SMILES string of the molecule is O=C(c1cccs1)N(C1CCN(CCc2ccccc2)CC1)C1C=CNN1. The van der Waals surface area contributed by atoms with Gasteiger partial charge in [-0.1, -0.05) is 36.4 Å². The van der Waals surface area contributed by atoms with Gasteiger partial charge < -0.3 is 15.2 Å². The molecule has 5 nitrogen and oxygen atoms in total. The molecule has 1 amide bonds. The Bertz CT molecular complexity index is 754. The number of nitrogens with zero attached hydrogens (tertiary/aromatic N) is 2. The van der Waals surface area contributed by atoms with E-state index < -0.39 is 0 Å². The fourth-order valence-electron chi connectivity index (χ4n) is 3.88. The molecule has 6 heteroatoms. The lowest BCUT2D eigenvalue weighted by molar-refractivity contribution is 0.0462. The van der Waals surface area contributed by atoms with E-state index in [4.69, 9.17) is 0 Å². The maximum Gasteiger partial charge on any atom is 0.265 e. The highest BCUT2D eigenvalue weighted by Crippen LogP contribution is 2.24. The fourth-order valence-corrected chi connectivity index (χ4v) is 4.55. The van der Waals surface area contributed by atoms with Gasteiger partial charge in [-0.25, -0.2) is 5.43 Å². The number of amides is 1. The van der Waals surface area contributed by atoms with E-state index >= 15 is 0 Å². The van der Waals surface area contributed by atoms with Crippen molar-refractivity contribution < 1.29 is 4.79 Å². The predicted octanol–water partition coefficient (Wildman–Crippen LogP) is 2.85. The Labute approximate surface area is 164 Å². The molecule has 0 spiro atoms. The Balaban J connectivity index is 1.36. The first-order chi connectivity index (χ1) is 13.3. The van der Waals surface area contributed by atoms with Crippen LogP contribution in [-0.2, 0) is 6.42 Å². The third-order valence-electron chi connectivity index (χ3n) is 5.37. The van der Waals surface area contributed by atoms with E-state index in [1.54, 1.807) is 0 Å². The van der Waals surface area contributed by atoms with Gasteiger partial charge in [0.15, 0.2) is 0 Å². The maximum atomic E-state index is 13.1. The lowest BCUT2D eigenvalue weighted by Crippen LogP contribution is -2.55. The average molecular weight is 383 g/mol. The monoisotopic (exact) mass is 382 g/mol. The minimum absolute atomic E-state index is 0.0829. The second-order valence-corrected chi connectivity index (χ2v) is 8.04. The predicted molar refractivity (Wildman–Crippen MR) is 109 cm³/mol. The topological polar surface area (TPSA) is 47.6 Å². The zero-order valence-electron chi connectivity index (χ0n) is 15.4. The molecular weight excluding hydrogens is 356 g/mol. The van der Waals surface area contributed by atoms with Crippen LogP contribution in [-0.4, -0.2) is 47.5 Å². The van der Waals surface area contributed by atoms with Gasteiger partial charge in [0.2, 0.25) is 0 Å². The van der Waals surface area contributed by atoms with E-state index in [2.05, 4.69) is 46.1 Å². The van der Waals surface area contributed by atoms with Gasteiger partial charge in [0.1, 0.15) is 6.17 Å². The molecule has 1 aromatic heterocycles. The summed E-state index contributed by atoms with van der Waals surface area (Å²) in [7, 11) is 0. The molecule has 1 atom stereocenters. The summed E-state index contributed by atoms with van der Waals surface area (Å²) in [5.41, 5.74) is 7.59. The number of benzene rings is 1. The van der Waals surface area contributed by atoms with Crippen molar-refractivity contribution in [1.82, 2.24) is 20.7 Å². The molecule has 2 N–H and O–H groups in total. The number of thiophene rings is 1. The summed E-state index contributed by atoms with van der Waals surface area (Å²) in [6, 6.07) is 14.8. The highest BCUT2D eigenvalue weighted by molar-refractivity contribution is 7.12. The van der Waals surface area contributed by atoms with Gasteiger partial charge in [0.25, 0.3) is 5.91 Å². The summed E-state index contributed by atoms with van der Waals surface area (Å²) in [5.74, 6) is 0.124. The lowest BCUT2D eigenvalue weighted by Gasteiger charge is -2.40. The molecule has 2 aliphatic heterocycles. The molecule has 1 fully saturated rings. The van der Waals surface area contributed by atoms with E-state index in [-0.39, 0.29) is 18.1 Å². The molecule has 0 aliphatic carbocycles. The average Bonchev–Trinajstić information content (AvgIpc) is 3.43. The molecule has 1 saturated heterocycles. The zero-order chi connectivity index (χ0) is 18.5. The summed E-state index contributed by atoms with van der Waals surface area (Å²) in [6.07, 6.45) is 6.91. The summed E-state index contributed by atoms with van der Waals surface area (Å²) in [4.78, 5) is 18.5. The van der Waals surface area contributed by atoms with Crippen LogP contribution >= 0.6 is 11.3 Å². The van der Waals surface area contributed by atoms with Crippen LogP contribution in [0.5, 0.6) is 0 Å². The Morgan fingerprint density at radius 3 is 2.63 bits per heavy atom. The molecule has 1 unspecified atom stereocenters. The molecule has 4 rings (SSSR count). The van der Waals surface area contributed by atoms with Crippen LogP contribution in [0.15, 0.2) is 60.1 Å². The number of piperidine rings is 1. The minimum Gasteiger partial charge on any atom is -0.327 e. The van der Waals surface area contributed by atoms with Crippen LogP contribution in [0.4, 0.5) is 0 Å². The first-order valence-corrected chi connectivity index (χ1v) is 10.5. The Morgan fingerprint density at radius 1 is 1.15 bits per heavy atom. The second-order valence-electron chi connectivity index (χ2n) is 7.09. The molecule has 0 bridgehead atoms. The van der Waals surface area contributed by atoms with Crippen LogP contribution in [0, 0.1) is 0 Å². The molecule has 27 heavy (non-hydrogen) atoms. The minimum atomic E-state index is -0.0829. The quantitative estimate of drug-likeness (QED) is 0.807. The lowest BCUT2D eigenvalue weighted by atomic mass is 10.0. The number of nitrogens with one attached hydrogen (secondary N) is 2. The van der Waals surface area contributed by atoms with E-state index in [0.29, 0.717) is 0 Å². The summed E-state index contributed by atoms with van der Waals surface area (Å²) in [5, 5.41) is 1.97. The van der Waals surface area contributed by atoms with Crippen molar-refractivity contribution in [2.45, 2.75) is 31.5 Å². The maximum absolute atomic E-state index is 13.1. The molecule has 142 valence electrons. The van der Waals surface area contributed by atoms with Gasteiger partial charge in [-0.2, -0.15) is 0 Å². The van der Waals surface area contributed by atoms with Crippen molar-refractivity contribution in [3.05, 3.63) is 70.6 Å². The third-order valence-corrected chi connectivity index (χ3v) is 6.23. The van der Waals surface area contributed by atoms with E-state index in [1.165, 1.54) is 16.9 Å². The molecule has 3 heterocycles. The highest BCUT2D eigenvalue weighted by Gasteiger charge is 2.33. The highest BCUT2D eigenvalue weighted by atomic mass is 32.1. The standard InChI is InChI=1S/C21H26N4OS/c26-21(19-7-4-16-27-19)25(20-8-12-22-23-20)18-10-14-24(15-11-18)13-9-17-5-2-1-3-6-17/h1-8,12,16,18,20,22-23H,9-11,13-15H2. The van der Waals surface area contributed by atoms with E-state index in [1.807, 2.05) is 34.7 Å². The molecule has 1 aromatic carbocycles. The number of hydrazine groups is 1. The van der Waals surface area contributed by atoms with Crippen LogP contribution < -0.4 is 10.9 Å². The molecule has 0 saturated carbocycles. The zero-order valence-corrected chi connectivity index (χ0v) is 16.2. The Kier molecular flexibility index (Phi) is 5.87. The van der Waals surface area contributed by atoms with Crippen molar-refractivity contribution in [2.24, 2.45) is 0 Å². The molecule has 2 aliphatic rings. The smallest absolute Gasteiger partial charge is 0.265 e. The Morgan fingerprint density at radius 2 is 1.96 bits per heavy atom. The van der Waals surface area contributed by atoms with Crippen LogP contribution in [0.1, 0.15) is 28.1 Å². The number of likely N-dealkylation sites (tertiary alicyclic amines) is 1. The van der Waals surface area contributed by atoms with Gasteiger partial charge >= 0.3 is 0 Å². The number of carbonyl (C=O) groups is 1. The Hall–Kier alpha value is -2.15. The van der Waals surface area contributed by atoms with Gasteiger partial charge in [-0.05, 0) is 42.3 Å². The van der Waals surface area contributed by atoms with Gasteiger partial charge in [0, 0.05) is 31.9 Å². The molecule has 0 radical (unpaired) electrons. The van der Waals surface area contributed by atoms with Gasteiger partial charge in [0.05, 0.1) is 4.88 Å².